The van der Waals surface area contributed by atoms with Crippen LogP contribution in [0.2, 0.25) is 5.02 Å². The van der Waals surface area contributed by atoms with Crippen molar-refractivity contribution in [1.82, 2.24) is 5.43 Å². The molecule has 0 spiro atoms. The summed E-state index contributed by atoms with van der Waals surface area (Å²) in [6, 6.07) is 11.2. The Hall–Kier alpha value is -2.45. The molecule has 130 valence electrons. The minimum absolute atomic E-state index is 0.167. The Morgan fingerprint density at radius 2 is 2.12 bits per heavy atom. The first kappa shape index (κ1) is 18.9. The summed E-state index contributed by atoms with van der Waals surface area (Å²) in [4.78, 5) is 22.4. The Kier molecular flexibility index (Phi) is 6.49. The van der Waals surface area contributed by atoms with Crippen LogP contribution in [-0.4, -0.2) is 23.1 Å². The van der Waals surface area contributed by atoms with E-state index >= 15 is 0 Å². The summed E-state index contributed by atoms with van der Waals surface area (Å²) in [5, 5.41) is 15.0. The molecule has 0 aliphatic rings. The molecule has 0 bridgehead atoms. The van der Waals surface area contributed by atoms with Gasteiger partial charge in [0.1, 0.15) is 5.75 Å². The van der Waals surface area contributed by atoms with Crippen molar-refractivity contribution in [1.29, 1.82) is 0 Å². The van der Waals surface area contributed by atoms with Crippen LogP contribution in [0.4, 0.5) is 5.69 Å². The third-order valence-corrected chi connectivity index (χ3v) is 3.96. The van der Waals surface area contributed by atoms with Crippen molar-refractivity contribution in [3.63, 3.8) is 0 Å². The number of carbonyl (C=O) groups is 1. The monoisotopic (exact) mass is 425 g/mol. The minimum atomic E-state index is -0.815. The van der Waals surface area contributed by atoms with Gasteiger partial charge in [-0.3, -0.25) is 14.9 Å². The number of halogens is 2. The van der Waals surface area contributed by atoms with Gasteiger partial charge in [0, 0.05) is 11.1 Å². The Morgan fingerprint density at radius 1 is 1.40 bits per heavy atom. The van der Waals surface area contributed by atoms with Gasteiger partial charge < -0.3 is 4.74 Å². The summed E-state index contributed by atoms with van der Waals surface area (Å²) < 4.78 is 6.24. The van der Waals surface area contributed by atoms with Crippen molar-refractivity contribution in [2.75, 3.05) is 0 Å². The van der Waals surface area contributed by atoms with Crippen molar-refractivity contribution in [2.24, 2.45) is 5.10 Å². The van der Waals surface area contributed by atoms with Gasteiger partial charge in [-0.15, -0.1) is 0 Å². The normalized spacial score (nSPS) is 12.0. The number of hydrogen-bond donors (Lipinski definition) is 1. The summed E-state index contributed by atoms with van der Waals surface area (Å²) in [6.07, 6.45) is 0.345. The van der Waals surface area contributed by atoms with Gasteiger partial charge in [0.15, 0.2) is 6.10 Å². The number of nitrogens with zero attached hydrogens (tertiary/aromatic N) is 2. The van der Waals surface area contributed by atoms with Gasteiger partial charge >= 0.3 is 0 Å². The molecule has 9 heteroatoms. The predicted molar refractivity (Wildman–Crippen MR) is 98.1 cm³/mol. The summed E-state index contributed by atoms with van der Waals surface area (Å²) in [5.41, 5.74) is 2.29. The average Bonchev–Trinajstić information content (AvgIpc) is 2.56. The highest BCUT2D eigenvalue weighted by atomic mass is 79.9. The molecule has 25 heavy (non-hydrogen) atoms. The number of ether oxygens (including phenoxy) is 1. The highest BCUT2D eigenvalue weighted by molar-refractivity contribution is 9.10. The van der Waals surface area contributed by atoms with E-state index in [4.69, 9.17) is 16.3 Å². The van der Waals surface area contributed by atoms with Crippen LogP contribution in [0.5, 0.6) is 5.75 Å². The van der Waals surface area contributed by atoms with E-state index in [0.29, 0.717) is 15.2 Å². The molecule has 0 aliphatic carbocycles. The zero-order valence-electron chi connectivity index (χ0n) is 13.0. The second-order valence-electron chi connectivity index (χ2n) is 4.89. The van der Waals surface area contributed by atoms with Crippen LogP contribution in [-0.2, 0) is 4.79 Å². The summed E-state index contributed by atoms with van der Waals surface area (Å²) in [7, 11) is 0. The predicted octanol–water partition coefficient (Wildman–Crippen LogP) is 3.93. The standard InChI is InChI=1S/C16H13BrClN3O4/c1-10(25-15-5-3-2-4-13(15)17)16(22)20-19-9-11-8-12(18)6-7-14(11)21(23)24/h2-10H,1H3,(H,20,22)/b19-9-/t10-/m0/s1. The fraction of sp³-hybridized carbons (Fsp3) is 0.125. The van der Waals surface area contributed by atoms with Gasteiger partial charge in [-0.25, -0.2) is 5.43 Å². The van der Waals surface area contributed by atoms with Crippen LogP contribution in [0.25, 0.3) is 0 Å². The van der Waals surface area contributed by atoms with Crippen molar-refractivity contribution in [2.45, 2.75) is 13.0 Å². The highest BCUT2D eigenvalue weighted by Gasteiger charge is 2.16. The SMILES string of the molecule is C[C@H](Oc1ccccc1Br)C(=O)N/N=C\c1cc(Cl)ccc1[N+](=O)[O-]. The molecule has 1 amide bonds. The molecule has 0 unspecified atom stereocenters. The summed E-state index contributed by atoms with van der Waals surface area (Å²) in [5.74, 6) is 0.0105. The molecule has 0 radical (unpaired) electrons. The molecule has 0 fully saturated rings. The van der Waals surface area contributed by atoms with Crippen LogP contribution >= 0.6 is 27.5 Å². The lowest BCUT2D eigenvalue weighted by Gasteiger charge is -2.13. The van der Waals surface area contributed by atoms with Crippen molar-refractivity contribution >= 4 is 45.3 Å². The third-order valence-electron chi connectivity index (χ3n) is 3.07. The minimum Gasteiger partial charge on any atom is -0.480 e. The number of amides is 1. The lowest BCUT2D eigenvalue weighted by Crippen LogP contribution is -2.33. The number of para-hydroxylation sites is 1. The first-order valence-corrected chi connectivity index (χ1v) is 8.23. The number of nitro benzene ring substituents is 1. The molecule has 0 saturated heterocycles. The number of carbonyl (C=O) groups excluding carboxylic acids is 1. The number of hydrogen-bond acceptors (Lipinski definition) is 5. The molecule has 2 aromatic carbocycles. The summed E-state index contributed by atoms with van der Waals surface area (Å²) >= 11 is 9.15. The number of benzene rings is 2. The van der Waals surface area contributed by atoms with E-state index in [2.05, 4.69) is 26.5 Å². The first-order chi connectivity index (χ1) is 11.9. The molecule has 2 aromatic rings. The van der Waals surface area contributed by atoms with Gasteiger partial charge in [0.2, 0.25) is 0 Å². The van der Waals surface area contributed by atoms with Gasteiger partial charge in [0.05, 0.1) is 21.2 Å². The van der Waals surface area contributed by atoms with Gasteiger partial charge in [0.25, 0.3) is 11.6 Å². The molecule has 1 N–H and O–H groups in total. The zero-order valence-corrected chi connectivity index (χ0v) is 15.3. The van der Waals surface area contributed by atoms with Crippen LogP contribution in [0.3, 0.4) is 0 Å². The average molecular weight is 427 g/mol. The van der Waals surface area contributed by atoms with E-state index in [-0.39, 0.29) is 11.3 Å². The molecule has 0 heterocycles. The molecule has 1 atom stereocenters. The van der Waals surface area contributed by atoms with E-state index in [1.807, 2.05) is 6.07 Å². The maximum atomic E-state index is 12.0. The fourth-order valence-electron chi connectivity index (χ4n) is 1.84. The smallest absolute Gasteiger partial charge is 0.280 e. The Balaban J connectivity index is 2.02. The van der Waals surface area contributed by atoms with Gasteiger partial charge in [-0.2, -0.15) is 5.10 Å². The molecule has 0 aliphatic heterocycles. The maximum Gasteiger partial charge on any atom is 0.280 e. The molecular weight excluding hydrogens is 414 g/mol. The van der Waals surface area contributed by atoms with Crippen LogP contribution in [0.1, 0.15) is 12.5 Å². The lowest BCUT2D eigenvalue weighted by atomic mass is 10.2. The van der Waals surface area contributed by atoms with Crippen molar-refractivity contribution < 1.29 is 14.5 Å². The van der Waals surface area contributed by atoms with Gasteiger partial charge in [-0.1, -0.05) is 23.7 Å². The summed E-state index contributed by atoms with van der Waals surface area (Å²) in [6.45, 7) is 1.56. The van der Waals surface area contributed by atoms with Gasteiger partial charge in [-0.05, 0) is 47.1 Å². The van der Waals surface area contributed by atoms with E-state index in [1.165, 1.54) is 18.2 Å². The first-order valence-electron chi connectivity index (χ1n) is 7.06. The molecule has 0 saturated carbocycles. The second-order valence-corrected chi connectivity index (χ2v) is 6.18. The number of hydrazone groups is 1. The topological polar surface area (TPSA) is 93.8 Å². The van der Waals surface area contributed by atoms with E-state index < -0.39 is 16.9 Å². The number of rotatable bonds is 6. The Labute approximate surface area is 156 Å². The van der Waals surface area contributed by atoms with E-state index in [9.17, 15) is 14.9 Å². The second kappa shape index (κ2) is 8.59. The van der Waals surface area contributed by atoms with Crippen molar-refractivity contribution in [3.8, 4) is 5.75 Å². The zero-order chi connectivity index (χ0) is 18.4. The molecular formula is C16H13BrClN3O4. The lowest BCUT2D eigenvalue weighted by molar-refractivity contribution is -0.385. The maximum absolute atomic E-state index is 12.0. The van der Waals surface area contributed by atoms with Crippen LogP contribution < -0.4 is 10.2 Å². The quantitative estimate of drug-likeness (QED) is 0.430. The molecule has 2 rings (SSSR count). The van der Waals surface area contributed by atoms with E-state index in [0.717, 1.165) is 6.21 Å². The Morgan fingerprint density at radius 3 is 2.80 bits per heavy atom. The van der Waals surface area contributed by atoms with Crippen LogP contribution in [0.15, 0.2) is 52.0 Å². The van der Waals surface area contributed by atoms with Crippen LogP contribution in [0, 0.1) is 10.1 Å². The number of nitrogens with one attached hydrogen (secondary N) is 1. The largest absolute Gasteiger partial charge is 0.480 e. The van der Waals surface area contributed by atoms with E-state index in [1.54, 1.807) is 25.1 Å². The number of nitro groups is 1. The highest BCUT2D eigenvalue weighted by Crippen LogP contribution is 2.25. The Bertz CT molecular complexity index is 829. The van der Waals surface area contributed by atoms with Crippen molar-refractivity contribution in [3.05, 3.63) is 67.6 Å². The fourth-order valence-corrected chi connectivity index (χ4v) is 2.39. The molecule has 7 nitrogen and oxygen atoms in total. The molecule has 0 aromatic heterocycles. The third kappa shape index (κ3) is 5.27.